The van der Waals surface area contributed by atoms with Gasteiger partial charge in [-0.15, -0.1) is 0 Å². The van der Waals surface area contributed by atoms with E-state index in [2.05, 4.69) is 9.97 Å². The maximum Gasteiger partial charge on any atom is 0.222 e. The topological polar surface area (TPSA) is 77.8 Å². The highest BCUT2D eigenvalue weighted by Gasteiger charge is 2.12. The number of nitrogens with zero attached hydrogens (tertiary/aromatic N) is 2. The number of halogens is 1. The van der Waals surface area contributed by atoms with E-state index in [1.54, 1.807) is 12.1 Å². The van der Waals surface area contributed by atoms with Crippen LogP contribution in [0.3, 0.4) is 0 Å². The monoisotopic (exact) mass is 232 g/mol. The van der Waals surface area contributed by atoms with E-state index in [0.29, 0.717) is 12.2 Å². The van der Waals surface area contributed by atoms with Crippen molar-refractivity contribution in [1.82, 2.24) is 9.97 Å². The zero-order chi connectivity index (χ0) is 12.4. The summed E-state index contributed by atoms with van der Waals surface area (Å²) in [5, 5.41) is 0. The van der Waals surface area contributed by atoms with E-state index in [1.165, 1.54) is 12.1 Å². The van der Waals surface area contributed by atoms with Crippen molar-refractivity contribution >= 4 is 11.8 Å². The highest BCUT2D eigenvalue weighted by atomic mass is 19.1. The number of nitrogen functional groups attached to an aromatic ring is 2. The Bertz CT molecular complexity index is 537. The van der Waals surface area contributed by atoms with Crippen molar-refractivity contribution in [3.05, 3.63) is 35.8 Å². The number of aryl methyl sites for hydroxylation is 1. The second-order valence-corrected chi connectivity index (χ2v) is 3.65. The third kappa shape index (κ3) is 2.18. The molecule has 0 saturated carbocycles. The van der Waals surface area contributed by atoms with Crippen LogP contribution in [0.4, 0.5) is 16.2 Å². The number of benzene rings is 1. The Morgan fingerprint density at radius 1 is 1.12 bits per heavy atom. The van der Waals surface area contributed by atoms with Gasteiger partial charge < -0.3 is 11.5 Å². The fourth-order valence-electron chi connectivity index (χ4n) is 1.73. The van der Waals surface area contributed by atoms with Gasteiger partial charge in [-0.2, -0.15) is 4.98 Å². The van der Waals surface area contributed by atoms with Crippen molar-refractivity contribution in [2.75, 3.05) is 11.5 Å². The van der Waals surface area contributed by atoms with E-state index in [1.807, 2.05) is 6.92 Å². The lowest BCUT2D eigenvalue weighted by molar-refractivity contribution is 0.628. The number of hydrogen-bond acceptors (Lipinski definition) is 4. The molecule has 5 heteroatoms. The molecule has 0 radical (unpaired) electrons. The quantitative estimate of drug-likeness (QED) is 0.830. The third-order valence-corrected chi connectivity index (χ3v) is 2.50. The summed E-state index contributed by atoms with van der Waals surface area (Å²) in [5.41, 5.74) is 13.7. The summed E-state index contributed by atoms with van der Waals surface area (Å²) in [6.07, 6.45) is 0.684. The van der Waals surface area contributed by atoms with Crippen molar-refractivity contribution in [3.8, 4) is 11.1 Å². The Kier molecular flexibility index (Phi) is 2.91. The van der Waals surface area contributed by atoms with Crippen LogP contribution < -0.4 is 11.5 Å². The fraction of sp³-hybridized carbons (Fsp3) is 0.167. The van der Waals surface area contributed by atoms with Gasteiger partial charge in [0.05, 0.1) is 5.69 Å². The molecule has 4 N–H and O–H groups in total. The minimum absolute atomic E-state index is 0.158. The zero-order valence-corrected chi connectivity index (χ0v) is 9.44. The molecule has 2 rings (SSSR count). The Morgan fingerprint density at radius 3 is 2.35 bits per heavy atom. The Labute approximate surface area is 98.5 Å². The highest BCUT2D eigenvalue weighted by Crippen LogP contribution is 2.28. The molecule has 0 saturated heterocycles. The molecule has 88 valence electrons. The first-order valence-electron chi connectivity index (χ1n) is 5.29. The highest BCUT2D eigenvalue weighted by molar-refractivity contribution is 5.76. The maximum atomic E-state index is 12.9. The van der Waals surface area contributed by atoms with E-state index in [9.17, 15) is 4.39 Å². The Balaban J connectivity index is 2.61. The number of anilines is 2. The average molecular weight is 232 g/mol. The largest absolute Gasteiger partial charge is 0.383 e. The molecule has 0 spiro atoms. The zero-order valence-electron chi connectivity index (χ0n) is 9.44. The molecule has 1 aromatic heterocycles. The van der Waals surface area contributed by atoms with Crippen LogP contribution in [-0.4, -0.2) is 9.97 Å². The second kappa shape index (κ2) is 4.37. The van der Waals surface area contributed by atoms with Gasteiger partial charge in [-0.25, -0.2) is 9.37 Å². The molecule has 0 bridgehead atoms. The summed E-state index contributed by atoms with van der Waals surface area (Å²) in [6.45, 7) is 1.95. The van der Waals surface area contributed by atoms with E-state index in [-0.39, 0.29) is 11.8 Å². The molecule has 0 unspecified atom stereocenters. The van der Waals surface area contributed by atoms with Gasteiger partial charge in [-0.3, -0.25) is 0 Å². The number of aromatic nitrogens is 2. The van der Waals surface area contributed by atoms with Crippen LogP contribution in [0.5, 0.6) is 0 Å². The van der Waals surface area contributed by atoms with E-state index in [4.69, 9.17) is 11.5 Å². The molecule has 1 heterocycles. The van der Waals surface area contributed by atoms with Crippen molar-refractivity contribution in [3.63, 3.8) is 0 Å². The van der Waals surface area contributed by atoms with Crippen LogP contribution in [0.25, 0.3) is 11.1 Å². The minimum Gasteiger partial charge on any atom is -0.383 e. The molecule has 0 amide bonds. The van der Waals surface area contributed by atoms with Crippen molar-refractivity contribution in [2.24, 2.45) is 0 Å². The molecule has 2 aromatic rings. The summed E-state index contributed by atoms with van der Waals surface area (Å²) in [5.74, 6) is 0.188. The number of rotatable bonds is 2. The minimum atomic E-state index is -0.290. The molecule has 17 heavy (non-hydrogen) atoms. The van der Waals surface area contributed by atoms with Crippen molar-refractivity contribution in [1.29, 1.82) is 0 Å². The Hall–Kier alpha value is -2.17. The summed E-state index contributed by atoms with van der Waals surface area (Å²) < 4.78 is 12.9. The predicted octanol–water partition coefficient (Wildman–Crippen LogP) is 2.01. The second-order valence-electron chi connectivity index (χ2n) is 3.65. The predicted molar refractivity (Wildman–Crippen MR) is 65.6 cm³/mol. The summed E-state index contributed by atoms with van der Waals surface area (Å²) in [7, 11) is 0. The molecule has 0 aliphatic carbocycles. The molecule has 0 aliphatic rings. The number of hydrogen-bond donors (Lipinski definition) is 2. The molecule has 0 atom stereocenters. The van der Waals surface area contributed by atoms with Gasteiger partial charge in [0.1, 0.15) is 11.6 Å². The smallest absolute Gasteiger partial charge is 0.222 e. The SMILES string of the molecule is CCc1nc(N)nc(N)c1-c1ccc(F)cc1. The van der Waals surface area contributed by atoms with Crippen LogP contribution in [0.15, 0.2) is 24.3 Å². The summed E-state index contributed by atoms with van der Waals surface area (Å²) >= 11 is 0. The molecule has 0 aliphatic heterocycles. The van der Waals surface area contributed by atoms with Crippen LogP contribution >= 0.6 is 0 Å². The molecular formula is C12H13FN4. The van der Waals surface area contributed by atoms with E-state index < -0.39 is 0 Å². The van der Waals surface area contributed by atoms with Crippen LogP contribution in [0, 0.1) is 5.82 Å². The fourth-order valence-corrected chi connectivity index (χ4v) is 1.73. The van der Waals surface area contributed by atoms with Gasteiger partial charge >= 0.3 is 0 Å². The van der Waals surface area contributed by atoms with Gasteiger partial charge in [0.2, 0.25) is 5.95 Å². The average Bonchev–Trinajstić information content (AvgIpc) is 2.30. The van der Waals surface area contributed by atoms with Gasteiger partial charge in [-0.05, 0) is 24.1 Å². The van der Waals surface area contributed by atoms with Gasteiger partial charge in [-0.1, -0.05) is 19.1 Å². The summed E-state index contributed by atoms with van der Waals surface area (Å²) in [4.78, 5) is 8.08. The van der Waals surface area contributed by atoms with Gasteiger partial charge in [0.25, 0.3) is 0 Å². The van der Waals surface area contributed by atoms with Crippen LogP contribution in [0.1, 0.15) is 12.6 Å². The maximum absolute atomic E-state index is 12.9. The van der Waals surface area contributed by atoms with Crippen LogP contribution in [-0.2, 0) is 6.42 Å². The molecule has 4 nitrogen and oxygen atoms in total. The normalized spacial score (nSPS) is 10.5. The van der Waals surface area contributed by atoms with Gasteiger partial charge in [0, 0.05) is 5.56 Å². The molecule has 0 fully saturated rings. The first-order valence-corrected chi connectivity index (χ1v) is 5.29. The molecular weight excluding hydrogens is 219 g/mol. The van der Waals surface area contributed by atoms with E-state index >= 15 is 0 Å². The van der Waals surface area contributed by atoms with Crippen molar-refractivity contribution < 1.29 is 4.39 Å². The van der Waals surface area contributed by atoms with Crippen LogP contribution in [0.2, 0.25) is 0 Å². The van der Waals surface area contributed by atoms with Crippen molar-refractivity contribution in [2.45, 2.75) is 13.3 Å². The molecule has 1 aromatic carbocycles. The first-order chi connectivity index (χ1) is 8.11. The first kappa shape index (κ1) is 11.3. The van der Waals surface area contributed by atoms with Gasteiger partial charge in [0.15, 0.2) is 0 Å². The van der Waals surface area contributed by atoms with E-state index in [0.717, 1.165) is 16.8 Å². The third-order valence-electron chi connectivity index (χ3n) is 2.50. The number of nitrogens with two attached hydrogens (primary N) is 2. The standard InChI is InChI=1S/C12H13FN4/c1-2-9-10(11(14)17-12(15)16-9)7-3-5-8(13)6-4-7/h3-6H,2H2,1H3,(H4,14,15,16,17). The lowest BCUT2D eigenvalue weighted by atomic mass is 10.0. The Morgan fingerprint density at radius 2 is 1.76 bits per heavy atom. The lowest BCUT2D eigenvalue weighted by Gasteiger charge is -2.10. The lowest BCUT2D eigenvalue weighted by Crippen LogP contribution is -2.06. The summed E-state index contributed by atoms with van der Waals surface area (Å²) in [6, 6.07) is 6.06.